The van der Waals surface area contributed by atoms with Crippen molar-refractivity contribution in [2.24, 2.45) is 5.92 Å². The van der Waals surface area contributed by atoms with E-state index in [2.05, 4.69) is 24.5 Å². The van der Waals surface area contributed by atoms with Crippen LogP contribution < -0.4 is 10.6 Å². The lowest BCUT2D eigenvalue weighted by Gasteiger charge is -2.33. The molecule has 2 aliphatic rings. The SMILES string of the molecule is CC1(C)CCCN1C(=O)CNC1CCC(CNC(=O)c2cc(F)cc(I)c2)CC1. The lowest BCUT2D eigenvalue weighted by molar-refractivity contribution is -0.133. The van der Waals surface area contributed by atoms with Gasteiger partial charge in [-0.3, -0.25) is 9.59 Å². The number of hydrogen-bond donors (Lipinski definition) is 2. The number of amides is 2. The molecule has 5 nitrogen and oxygen atoms in total. The molecule has 1 aromatic carbocycles. The molecular weight excluding hydrogens is 484 g/mol. The Morgan fingerprint density at radius 3 is 2.55 bits per heavy atom. The lowest BCUT2D eigenvalue weighted by Crippen LogP contribution is -2.48. The van der Waals surface area contributed by atoms with Crippen molar-refractivity contribution in [3.63, 3.8) is 0 Å². The fourth-order valence-electron chi connectivity index (χ4n) is 4.49. The summed E-state index contributed by atoms with van der Waals surface area (Å²) in [7, 11) is 0. The van der Waals surface area contributed by atoms with E-state index < -0.39 is 0 Å². The maximum Gasteiger partial charge on any atom is 0.251 e. The van der Waals surface area contributed by atoms with Crippen LogP contribution in [-0.2, 0) is 4.79 Å². The van der Waals surface area contributed by atoms with E-state index >= 15 is 0 Å². The number of carbonyl (C=O) groups is 2. The van der Waals surface area contributed by atoms with Crippen LogP contribution in [0.5, 0.6) is 0 Å². The summed E-state index contributed by atoms with van der Waals surface area (Å²) in [4.78, 5) is 26.8. The van der Waals surface area contributed by atoms with Gasteiger partial charge in [-0.05, 0) is 99.1 Å². The summed E-state index contributed by atoms with van der Waals surface area (Å²) in [5, 5.41) is 6.38. The van der Waals surface area contributed by atoms with Crippen LogP contribution in [0.15, 0.2) is 18.2 Å². The fourth-order valence-corrected chi connectivity index (χ4v) is 5.12. The first-order chi connectivity index (χ1) is 13.7. The first-order valence-corrected chi connectivity index (χ1v) is 11.6. The maximum absolute atomic E-state index is 13.5. The molecule has 29 heavy (non-hydrogen) atoms. The van der Waals surface area contributed by atoms with E-state index in [0.29, 0.717) is 34.2 Å². The number of likely N-dealkylation sites (tertiary alicyclic amines) is 1. The molecule has 0 radical (unpaired) electrons. The average molecular weight is 515 g/mol. The second-order valence-electron chi connectivity index (χ2n) is 8.93. The van der Waals surface area contributed by atoms with Crippen molar-refractivity contribution >= 4 is 34.4 Å². The van der Waals surface area contributed by atoms with Crippen molar-refractivity contribution in [2.45, 2.75) is 64.0 Å². The fraction of sp³-hybridized carbons (Fsp3) is 0.636. The second kappa shape index (κ2) is 9.73. The highest BCUT2D eigenvalue weighted by Gasteiger charge is 2.35. The Hall–Kier alpha value is -1.22. The molecule has 1 aromatic rings. The first kappa shape index (κ1) is 22.5. The molecule has 3 rings (SSSR count). The van der Waals surface area contributed by atoms with Crippen LogP contribution in [0.2, 0.25) is 0 Å². The van der Waals surface area contributed by atoms with E-state index in [-0.39, 0.29) is 23.2 Å². The molecule has 7 heteroatoms. The summed E-state index contributed by atoms with van der Waals surface area (Å²) in [6, 6.07) is 4.73. The summed E-state index contributed by atoms with van der Waals surface area (Å²) in [6.07, 6.45) is 6.21. The highest BCUT2D eigenvalue weighted by atomic mass is 127. The van der Waals surface area contributed by atoms with Crippen LogP contribution in [0.4, 0.5) is 4.39 Å². The Bertz CT molecular complexity index is 727. The van der Waals surface area contributed by atoms with Crippen LogP contribution >= 0.6 is 22.6 Å². The number of carbonyl (C=O) groups excluding carboxylic acids is 2. The van der Waals surface area contributed by atoms with Gasteiger partial charge in [0.05, 0.1) is 6.54 Å². The normalized spacial score (nSPS) is 23.8. The summed E-state index contributed by atoms with van der Waals surface area (Å²) < 4.78 is 14.2. The minimum atomic E-state index is -0.388. The molecule has 160 valence electrons. The van der Waals surface area contributed by atoms with Gasteiger partial charge in [0.25, 0.3) is 5.91 Å². The van der Waals surface area contributed by atoms with Crippen LogP contribution in [0, 0.1) is 15.3 Å². The topological polar surface area (TPSA) is 61.4 Å². The smallest absolute Gasteiger partial charge is 0.251 e. The Morgan fingerprint density at radius 1 is 1.21 bits per heavy atom. The molecule has 1 aliphatic carbocycles. The number of hydrogen-bond acceptors (Lipinski definition) is 3. The molecule has 0 spiro atoms. The number of benzene rings is 1. The van der Waals surface area contributed by atoms with Crippen LogP contribution in [0.3, 0.4) is 0 Å². The highest BCUT2D eigenvalue weighted by molar-refractivity contribution is 14.1. The molecular formula is C22H31FIN3O2. The zero-order valence-electron chi connectivity index (χ0n) is 17.3. The number of halogens is 2. The second-order valence-corrected chi connectivity index (χ2v) is 10.2. The third kappa shape index (κ3) is 6.13. The van der Waals surface area contributed by atoms with Gasteiger partial charge in [-0.2, -0.15) is 0 Å². The molecule has 0 unspecified atom stereocenters. The van der Waals surface area contributed by atoms with Gasteiger partial charge in [0, 0.05) is 33.8 Å². The number of rotatable bonds is 6. The third-order valence-corrected chi connectivity index (χ3v) is 6.89. The Kier molecular flexibility index (Phi) is 7.53. The van der Waals surface area contributed by atoms with Crippen molar-refractivity contribution in [3.05, 3.63) is 33.1 Å². The van der Waals surface area contributed by atoms with Gasteiger partial charge in [0.1, 0.15) is 5.82 Å². The van der Waals surface area contributed by atoms with E-state index in [1.165, 1.54) is 12.1 Å². The highest BCUT2D eigenvalue weighted by Crippen LogP contribution is 2.28. The predicted octanol–water partition coefficient (Wildman–Crippen LogP) is 3.71. The monoisotopic (exact) mass is 515 g/mol. The predicted molar refractivity (Wildman–Crippen MR) is 120 cm³/mol. The molecule has 1 heterocycles. The number of nitrogens with zero attached hydrogens (tertiary/aromatic N) is 1. The molecule has 0 aromatic heterocycles. The summed E-state index contributed by atoms with van der Waals surface area (Å²) in [5.41, 5.74) is 0.349. The van der Waals surface area contributed by atoms with Crippen molar-refractivity contribution in [1.29, 1.82) is 0 Å². The summed E-state index contributed by atoms with van der Waals surface area (Å²) >= 11 is 2.01. The van der Waals surface area contributed by atoms with E-state index in [4.69, 9.17) is 0 Å². The molecule has 1 saturated carbocycles. The molecule has 2 amide bonds. The average Bonchev–Trinajstić information content (AvgIpc) is 3.03. The summed E-state index contributed by atoms with van der Waals surface area (Å²) in [5.74, 6) is 0.0199. The van der Waals surface area contributed by atoms with Crippen LogP contribution in [-0.4, -0.2) is 47.9 Å². The van der Waals surface area contributed by atoms with E-state index in [1.807, 2.05) is 27.5 Å². The molecule has 2 fully saturated rings. The minimum Gasteiger partial charge on any atom is -0.352 e. The third-order valence-electron chi connectivity index (χ3n) is 6.27. The molecule has 1 aliphatic heterocycles. The minimum absolute atomic E-state index is 0.0195. The van der Waals surface area contributed by atoms with Crippen molar-refractivity contribution < 1.29 is 14.0 Å². The Labute approximate surface area is 186 Å². The van der Waals surface area contributed by atoms with E-state index in [1.54, 1.807) is 6.07 Å². The maximum atomic E-state index is 13.5. The van der Waals surface area contributed by atoms with Gasteiger partial charge in [-0.1, -0.05) is 0 Å². The van der Waals surface area contributed by atoms with E-state index in [9.17, 15) is 14.0 Å². The molecule has 2 N–H and O–H groups in total. The first-order valence-electron chi connectivity index (χ1n) is 10.5. The zero-order chi connectivity index (χ0) is 21.0. The Balaban J connectivity index is 1.37. The van der Waals surface area contributed by atoms with E-state index in [0.717, 1.165) is 45.1 Å². The van der Waals surface area contributed by atoms with Crippen molar-refractivity contribution in [2.75, 3.05) is 19.6 Å². The van der Waals surface area contributed by atoms with Crippen molar-refractivity contribution in [3.8, 4) is 0 Å². The standard InChI is InChI=1S/C22H31FIN3O2/c1-22(2)8-3-9-27(22)20(28)14-25-19-6-4-15(5-7-19)13-26-21(29)16-10-17(23)12-18(24)11-16/h10-12,15,19,25H,3-9,13-14H2,1-2H3,(H,26,29). The van der Waals surface area contributed by atoms with Crippen molar-refractivity contribution in [1.82, 2.24) is 15.5 Å². The molecule has 1 saturated heterocycles. The Morgan fingerprint density at radius 2 is 1.93 bits per heavy atom. The van der Waals surface area contributed by atoms with Gasteiger partial charge in [0.2, 0.25) is 5.91 Å². The molecule has 0 bridgehead atoms. The molecule has 0 atom stereocenters. The van der Waals surface area contributed by atoms with Crippen LogP contribution in [0.25, 0.3) is 0 Å². The van der Waals surface area contributed by atoms with Gasteiger partial charge >= 0.3 is 0 Å². The van der Waals surface area contributed by atoms with Gasteiger partial charge < -0.3 is 15.5 Å². The van der Waals surface area contributed by atoms with Gasteiger partial charge in [0.15, 0.2) is 0 Å². The van der Waals surface area contributed by atoms with Gasteiger partial charge in [-0.15, -0.1) is 0 Å². The lowest BCUT2D eigenvalue weighted by atomic mass is 9.86. The largest absolute Gasteiger partial charge is 0.352 e. The van der Waals surface area contributed by atoms with Gasteiger partial charge in [-0.25, -0.2) is 4.39 Å². The quantitative estimate of drug-likeness (QED) is 0.569. The summed E-state index contributed by atoms with van der Waals surface area (Å²) in [6.45, 7) is 6.17. The zero-order valence-corrected chi connectivity index (χ0v) is 19.4. The number of nitrogens with one attached hydrogen (secondary N) is 2. The van der Waals surface area contributed by atoms with Crippen LogP contribution in [0.1, 0.15) is 62.7 Å².